The lowest BCUT2D eigenvalue weighted by Gasteiger charge is -2.28. The molecule has 0 saturated heterocycles. The largest absolute Gasteiger partial charge is 0.496 e. The molecule has 2 atom stereocenters. The maximum absolute atomic E-state index is 14.0. The van der Waals surface area contributed by atoms with Crippen molar-refractivity contribution in [2.75, 3.05) is 48.1 Å². The fourth-order valence-corrected chi connectivity index (χ4v) is 7.16. The van der Waals surface area contributed by atoms with Crippen LogP contribution < -0.4 is 18.9 Å². The molecule has 0 saturated carbocycles. The zero-order valence-electron chi connectivity index (χ0n) is 34.1. The summed E-state index contributed by atoms with van der Waals surface area (Å²) in [6, 6.07) is 20.5. The third kappa shape index (κ3) is 11.3. The number of benzene rings is 4. The minimum Gasteiger partial charge on any atom is -0.496 e. The maximum atomic E-state index is 14.0. The molecular weight excluding hydrogens is 717 g/mol. The van der Waals surface area contributed by atoms with Crippen LogP contribution >= 0.6 is 0 Å². The Kier molecular flexibility index (Phi) is 16.2. The monoisotopic (exact) mass is 774 g/mol. The van der Waals surface area contributed by atoms with E-state index in [1.165, 1.54) is 21.3 Å². The predicted octanol–water partition coefficient (Wildman–Crippen LogP) is 9.34. The smallest absolute Gasteiger partial charge is 0.342 e. The quantitative estimate of drug-likeness (QED) is 0.0289. The molecule has 0 heterocycles. The summed E-state index contributed by atoms with van der Waals surface area (Å²) >= 11 is 0. The van der Waals surface area contributed by atoms with Crippen LogP contribution in [0.3, 0.4) is 0 Å². The molecule has 0 fully saturated rings. The number of hydrogen-bond donors (Lipinski definition) is 1. The van der Waals surface area contributed by atoms with Crippen LogP contribution in [0, 0.1) is 19.8 Å². The van der Waals surface area contributed by atoms with Gasteiger partial charge >= 0.3 is 5.97 Å². The summed E-state index contributed by atoms with van der Waals surface area (Å²) in [5, 5.41) is 13.3. The minimum absolute atomic E-state index is 0.0742. The second-order valence-corrected chi connectivity index (χ2v) is 20.5. The van der Waals surface area contributed by atoms with Gasteiger partial charge in [0.05, 0.1) is 39.4 Å². The van der Waals surface area contributed by atoms with E-state index in [1.807, 2.05) is 87.5 Å². The first-order chi connectivity index (χ1) is 26.3. The van der Waals surface area contributed by atoms with Crippen molar-refractivity contribution < 1.29 is 47.8 Å². The van der Waals surface area contributed by atoms with Crippen molar-refractivity contribution in [3.8, 4) is 23.0 Å². The van der Waals surface area contributed by atoms with Crippen LogP contribution in [0.15, 0.2) is 72.3 Å². The van der Waals surface area contributed by atoms with Gasteiger partial charge in [-0.2, -0.15) is 0 Å². The molecule has 55 heavy (non-hydrogen) atoms. The van der Waals surface area contributed by atoms with E-state index in [4.69, 9.17) is 37.9 Å². The molecule has 0 aliphatic rings. The van der Waals surface area contributed by atoms with E-state index in [0.29, 0.717) is 63.5 Å². The van der Waals surface area contributed by atoms with Crippen LogP contribution in [0.5, 0.6) is 23.0 Å². The first-order valence-electron chi connectivity index (χ1n) is 18.6. The lowest BCUT2D eigenvalue weighted by molar-refractivity contribution is -0.0669. The van der Waals surface area contributed by atoms with Gasteiger partial charge in [0.25, 0.3) is 0 Å². The molecule has 0 aliphatic carbocycles. The molecule has 4 aromatic carbocycles. The van der Waals surface area contributed by atoms with Crippen LogP contribution in [-0.2, 0) is 32.2 Å². The van der Waals surface area contributed by atoms with Gasteiger partial charge in [0.1, 0.15) is 48.1 Å². The lowest BCUT2D eigenvalue weighted by atomic mass is 9.87. The summed E-state index contributed by atoms with van der Waals surface area (Å²) in [6.45, 7) is 15.5. The molecule has 0 bridgehead atoms. The highest BCUT2D eigenvalue weighted by atomic mass is 28.3. The molecule has 0 aliphatic heterocycles. The third-order valence-electron chi connectivity index (χ3n) is 9.22. The van der Waals surface area contributed by atoms with Gasteiger partial charge in [-0.3, -0.25) is 0 Å². The van der Waals surface area contributed by atoms with E-state index in [9.17, 15) is 9.90 Å². The Morgan fingerprint density at radius 3 is 1.96 bits per heavy atom. The molecule has 0 amide bonds. The number of carbonyl (C=O) groups excluding carboxylic acids is 1. The number of fused-ring (bicyclic) bond motifs is 1. The van der Waals surface area contributed by atoms with Gasteiger partial charge in [-0.05, 0) is 49.4 Å². The van der Waals surface area contributed by atoms with E-state index < -0.39 is 20.1 Å². The van der Waals surface area contributed by atoms with Crippen molar-refractivity contribution in [2.45, 2.75) is 72.7 Å². The second-order valence-electron chi connectivity index (χ2n) is 14.9. The predicted molar refractivity (Wildman–Crippen MR) is 218 cm³/mol. The minimum atomic E-state index is -1.49. The zero-order valence-corrected chi connectivity index (χ0v) is 35.1. The van der Waals surface area contributed by atoms with Crippen LogP contribution in [0.25, 0.3) is 10.8 Å². The standard InChI is InChI=1S/C44H58O10Si/c1-29(24-50-28-51-25-33-17-13-11-14-18-33)23-30(2)39(45)37-36-38(42(32(4)41(37)54-27-47-5)53-26-34-19-15-12-16-20-34)43(49-7)35(31(3)40(36)48-6)44(46)52-21-22-55(8,9)10/h11-20,23,29,39,45H,21-22,24-28H2,1-10H3/b30-23+/t29-,39?/m0/s1. The Balaban J connectivity index is 1.85. The van der Waals surface area contributed by atoms with E-state index in [1.54, 1.807) is 6.92 Å². The number of ether oxygens (including phenoxy) is 8. The van der Waals surface area contributed by atoms with Crippen LogP contribution in [0.4, 0.5) is 0 Å². The number of aliphatic hydroxyl groups is 1. The summed E-state index contributed by atoms with van der Waals surface area (Å²) in [5.41, 5.74) is 4.37. The highest BCUT2D eigenvalue weighted by Crippen LogP contribution is 2.54. The van der Waals surface area contributed by atoms with E-state index in [2.05, 4.69) is 19.6 Å². The van der Waals surface area contributed by atoms with Gasteiger partial charge in [-0.15, -0.1) is 0 Å². The van der Waals surface area contributed by atoms with Gasteiger partial charge in [0.15, 0.2) is 6.79 Å². The number of rotatable bonds is 21. The molecule has 0 radical (unpaired) electrons. The molecule has 1 unspecified atom stereocenters. The number of esters is 1. The fraction of sp³-hybridized carbons (Fsp3) is 0.432. The van der Waals surface area contributed by atoms with Crippen molar-refractivity contribution in [1.29, 1.82) is 0 Å². The fourth-order valence-electron chi connectivity index (χ4n) is 6.45. The molecule has 1 N–H and O–H groups in total. The van der Waals surface area contributed by atoms with Crippen molar-refractivity contribution in [3.05, 3.63) is 106 Å². The number of carbonyl (C=O) groups is 1. The van der Waals surface area contributed by atoms with Crippen LogP contribution in [0.1, 0.15) is 58.1 Å². The highest BCUT2D eigenvalue weighted by molar-refractivity contribution is 6.76. The zero-order chi connectivity index (χ0) is 40.1. The van der Waals surface area contributed by atoms with Gasteiger partial charge in [0, 0.05) is 37.3 Å². The van der Waals surface area contributed by atoms with E-state index >= 15 is 0 Å². The molecule has 0 aromatic heterocycles. The summed E-state index contributed by atoms with van der Waals surface area (Å²) in [6.07, 6.45) is 0.782. The average molecular weight is 775 g/mol. The molecule has 10 nitrogen and oxygen atoms in total. The summed E-state index contributed by atoms with van der Waals surface area (Å²) in [7, 11) is 3.09. The van der Waals surface area contributed by atoms with Crippen LogP contribution in [0.2, 0.25) is 25.7 Å². The number of aliphatic hydroxyl groups excluding tert-OH is 1. The Morgan fingerprint density at radius 1 is 0.764 bits per heavy atom. The molecule has 0 spiro atoms. The first-order valence-corrected chi connectivity index (χ1v) is 22.3. The third-order valence-corrected chi connectivity index (χ3v) is 10.9. The average Bonchev–Trinajstić information content (AvgIpc) is 3.16. The van der Waals surface area contributed by atoms with Crippen molar-refractivity contribution in [3.63, 3.8) is 0 Å². The lowest BCUT2D eigenvalue weighted by Crippen LogP contribution is -2.23. The first kappa shape index (κ1) is 43.3. The maximum Gasteiger partial charge on any atom is 0.342 e. The van der Waals surface area contributed by atoms with E-state index in [-0.39, 0.29) is 44.0 Å². The van der Waals surface area contributed by atoms with Crippen molar-refractivity contribution in [2.24, 2.45) is 5.92 Å². The molecule has 11 heteroatoms. The Bertz CT molecular complexity index is 1890. The normalized spacial score (nSPS) is 13.0. The Labute approximate surface area is 327 Å². The Hall–Kier alpha value is -4.39. The molecule has 4 aromatic rings. The summed E-state index contributed by atoms with van der Waals surface area (Å²) in [4.78, 5) is 14.0. The number of hydrogen-bond acceptors (Lipinski definition) is 10. The van der Waals surface area contributed by atoms with Gasteiger partial charge < -0.3 is 43.0 Å². The van der Waals surface area contributed by atoms with Gasteiger partial charge in [0.2, 0.25) is 0 Å². The molecule has 4 rings (SSSR count). The van der Waals surface area contributed by atoms with E-state index in [0.717, 1.165) is 17.2 Å². The van der Waals surface area contributed by atoms with Gasteiger partial charge in [-0.1, -0.05) is 93.3 Å². The number of methoxy groups -OCH3 is 3. The van der Waals surface area contributed by atoms with Crippen LogP contribution in [-0.4, -0.2) is 67.3 Å². The topological polar surface area (TPSA) is 111 Å². The SMILES string of the molecule is COCOc1c(C)c(OCc2ccccc2)c2c(OC)c(C(=O)OCC[Si](C)(C)C)c(C)c(OC)c2c1C(O)/C(C)=C/[C@H](C)COCOCc1ccccc1. The molecule has 298 valence electrons. The summed E-state index contributed by atoms with van der Waals surface area (Å²) < 4.78 is 47.9. The Morgan fingerprint density at radius 2 is 1.38 bits per heavy atom. The van der Waals surface area contributed by atoms with Crippen molar-refractivity contribution in [1.82, 2.24) is 0 Å². The highest BCUT2D eigenvalue weighted by Gasteiger charge is 2.34. The second kappa shape index (κ2) is 20.5. The summed E-state index contributed by atoms with van der Waals surface area (Å²) in [5.74, 6) is 0.776. The molecular formula is C44H58O10Si. The van der Waals surface area contributed by atoms with Crippen molar-refractivity contribution >= 4 is 24.8 Å². The van der Waals surface area contributed by atoms with Gasteiger partial charge in [-0.25, -0.2) is 4.79 Å².